The molecule has 0 saturated heterocycles. The van der Waals surface area contributed by atoms with Crippen molar-refractivity contribution in [2.24, 2.45) is 0 Å². The highest BCUT2D eigenvalue weighted by atomic mass is 16.4. The van der Waals surface area contributed by atoms with Gasteiger partial charge in [-0.1, -0.05) is 42.5 Å². The Kier molecular flexibility index (Phi) is 5.21. The summed E-state index contributed by atoms with van der Waals surface area (Å²) in [5, 5.41) is 37.1. The van der Waals surface area contributed by atoms with Crippen LogP contribution in [0, 0.1) is 0 Å². The molecule has 7 heteroatoms. The molecule has 3 aromatic carbocycles. The minimum absolute atomic E-state index is 0.413. The van der Waals surface area contributed by atoms with Crippen molar-refractivity contribution in [3.63, 3.8) is 0 Å². The molecule has 5 nitrogen and oxygen atoms in total. The predicted octanol–water partition coefficient (Wildman–Crippen LogP) is 0.516. The van der Waals surface area contributed by atoms with Crippen LogP contribution in [-0.4, -0.2) is 34.3 Å². The van der Waals surface area contributed by atoms with E-state index >= 15 is 0 Å². The summed E-state index contributed by atoms with van der Waals surface area (Å²) in [6, 6.07) is 23.5. The number of hydrogen-bond acceptors (Lipinski definition) is 5. The highest BCUT2D eigenvalue weighted by Crippen LogP contribution is 2.33. The van der Waals surface area contributed by atoms with Crippen molar-refractivity contribution >= 4 is 42.2 Å². The zero-order chi connectivity index (χ0) is 17.8. The zero-order valence-electron chi connectivity index (χ0n) is 13.4. The topological polar surface area (TPSA) is 84.2 Å². The van der Waals surface area contributed by atoms with Gasteiger partial charge in [0.25, 0.3) is 0 Å². The van der Waals surface area contributed by atoms with Gasteiger partial charge in [-0.2, -0.15) is 0 Å². The Labute approximate surface area is 146 Å². The van der Waals surface area contributed by atoms with Gasteiger partial charge in [0.2, 0.25) is 0 Å². The SMILES string of the molecule is OB(O)c1ccc(N(c2ccccc2)c2ccc(B(O)O)cc2)cc1. The lowest BCUT2D eigenvalue weighted by atomic mass is 9.80. The molecule has 0 aliphatic carbocycles. The van der Waals surface area contributed by atoms with E-state index in [-0.39, 0.29) is 0 Å². The summed E-state index contributed by atoms with van der Waals surface area (Å²) in [6.45, 7) is 0. The van der Waals surface area contributed by atoms with Crippen molar-refractivity contribution in [1.82, 2.24) is 0 Å². The van der Waals surface area contributed by atoms with Crippen molar-refractivity contribution in [2.45, 2.75) is 0 Å². The normalized spacial score (nSPS) is 10.4. The fraction of sp³-hybridized carbons (Fsp3) is 0. The molecule has 0 radical (unpaired) electrons. The smallest absolute Gasteiger partial charge is 0.423 e. The van der Waals surface area contributed by atoms with Gasteiger partial charge in [0.15, 0.2) is 0 Å². The Balaban J connectivity index is 2.04. The average Bonchev–Trinajstić information content (AvgIpc) is 2.64. The van der Waals surface area contributed by atoms with Gasteiger partial charge in [-0.25, -0.2) is 0 Å². The van der Waals surface area contributed by atoms with Crippen molar-refractivity contribution in [1.29, 1.82) is 0 Å². The first-order valence-corrected chi connectivity index (χ1v) is 7.83. The van der Waals surface area contributed by atoms with Gasteiger partial charge in [0.1, 0.15) is 0 Å². The maximum Gasteiger partial charge on any atom is 0.488 e. The van der Waals surface area contributed by atoms with Crippen LogP contribution >= 0.6 is 0 Å². The highest BCUT2D eigenvalue weighted by molar-refractivity contribution is 6.59. The fourth-order valence-electron chi connectivity index (χ4n) is 2.62. The second-order valence-corrected chi connectivity index (χ2v) is 5.60. The third kappa shape index (κ3) is 3.92. The van der Waals surface area contributed by atoms with Crippen LogP contribution in [0.15, 0.2) is 78.9 Å². The van der Waals surface area contributed by atoms with Crippen LogP contribution in [0.1, 0.15) is 0 Å². The molecule has 0 unspecified atom stereocenters. The Bertz CT molecular complexity index is 757. The number of hydrogen-bond donors (Lipinski definition) is 4. The van der Waals surface area contributed by atoms with Crippen LogP contribution in [-0.2, 0) is 0 Å². The van der Waals surface area contributed by atoms with Crippen LogP contribution in [0.25, 0.3) is 0 Å². The fourth-order valence-corrected chi connectivity index (χ4v) is 2.62. The molecule has 0 saturated carbocycles. The van der Waals surface area contributed by atoms with Crippen LogP contribution < -0.4 is 15.8 Å². The van der Waals surface area contributed by atoms with Crippen LogP contribution in [0.2, 0.25) is 0 Å². The van der Waals surface area contributed by atoms with Crippen LogP contribution in [0.5, 0.6) is 0 Å². The van der Waals surface area contributed by atoms with Crippen molar-refractivity contribution in [3.8, 4) is 0 Å². The standard InChI is InChI=1S/C18H17B2NO4/c22-19(23)14-6-10-17(11-7-14)21(16-4-2-1-3-5-16)18-12-8-15(9-13-18)20(24)25/h1-13,22-25H. The van der Waals surface area contributed by atoms with E-state index in [0.29, 0.717) is 10.9 Å². The molecule has 0 aliphatic heterocycles. The number of anilines is 3. The van der Waals surface area contributed by atoms with E-state index in [0.717, 1.165) is 17.1 Å². The van der Waals surface area contributed by atoms with Gasteiger partial charge in [0, 0.05) is 17.1 Å². The lowest BCUT2D eigenvalue weighted by Crippen LogP contribution is -2.30. The molecule has 4 N–H and O–H groups in total. The molecule has 0 fully saturated rings. The van der Waals surface area contributed by atoms with Crippen LogP contribution in [0.3, 0.4) is 0 Å². The first-order chi connectivity index (χ1) is 12.1. The van der Waals surface area contributed by atoms with E-state index in [4.69, 9.17) is 0 Å². The largest absolute Gasteiger partial charge is 0.488 e. The first-order valence-electron chi connectivity index (χ1n) is 7.83. The molecule has 0 amide bonds. The Hall–Kier alpha value is -2.57. The molecule has 25 heavy (non-hydrogen) atoms. The van der Waals surface area contributed by atoms with Gasteiger partial charge in [0.05, 0.1) is 0 Å². The van der Waals surface area contributed by atoms with E-state index in [1.165, 1.54) is 0 Å². The molecule has 3 rings (SSSR count). The van der Waals surface area contributed by atoms with Gasteiger partial charge >= 0.3 is 14.2 Å². The summed E-state index contributed by atoms with van der Waals surface area (Å²) in [7, 11) is -3.02. The van der Waals surface area contributed by atoms with Crippen molar-refractivity contribution in [2.75, 3.05) is 4.90 Å². The lowest BCUT2D eigenvalue weighted by molar-refractivity contribution is 0.424. The Morgan fingerprint density at radius 1 is 0.480 bits per heavy atom. The number of rotatable bonds is 5. The molecular formula is C18H17B2NO4. The van der Waals surface area contributed by atoms with Gasteiger partial charge < -0.3 is 25.0 Å². The van der Waals surface area contributed by atoms with E-state index < -0.39 is 14.2 Å². The molecule has 0 bridgehead atoms. The summed E-state index contributed by atoms with van der Waals surface area (Å²) in [4.78, 5) is 1.99. The zero-order valence-corrected chi connectivity index (χ0v) is 13.4. The predicted molar refractivity (Wildman–Crippen MR) is 101 cm³/mol. The second-order valence-electron chi connectivity index (χ2n) is 5.60. The van der Waals surface area contributed by atoms with E-state index in [1.54, 1.807) is 48.5 Å². The maximum atomic E-state index is 9.26. The molecular weight excluding hydrogens is 316 g/mol. The molecule has 3 aromatic rings. The van der Waals surface area contributed by atoms with Gasteiger partial charge in [-0.15, -0.1) is 0 Å². The summed E-state index contributed by atoms with van der Waals surface area (Å²) in [5.74, 6) is 0. The third-order valence-electron chi connectivity index (χ3n) is 3.91. The summed E-state index contributed by atoms with van der Waals surface area (Å²) in [5.41, 5.74) is 3.43. The quantitative estimate of drug-likeness (QED) is 0.512. The van der Waals surface area contributed by atoms with E-state index in [1.807, 2.05) is 35.2 Å². The average molecular weight is 333 g/mol. The minimum atomic E-state index is -1.51. The summed E-state index contributed by atoms with van der Waals surface area (Å²) in [6.07, 6.45) is 0. The van der Waals surface area contributed by atoms with E-state index in [9.17, 15) is 20.1 Å². The monoisotopic (exact) mass is 333 g/mol. The molecule has 124 valence electrons. The molecule has 0 aliphatic rings. The second kappa shape index (κ2) is 7.55. The molecule has 0 spiro atoms. The Morgan fingerprint density at radius 2 is 0.840 bits per heavy atom. The van der Waals surface area contributed by atoms with E-state index in [2.05, 4.69) is 0 Å². The highest BCUT2D eigenvalue weighted by Gasteiger charge is 2.16. The third-order valence-corrected chi connectivity index (χ3v) is 3.91. The van der Waals surface area contributed by atoms with Crippen molar-refractivity contribution in [3.05, 3.63) is 78.9 Å². The number of para-hydroxylation sites is 1. The number of benzene rings is 3. The van der Waals surface area contributed by atoms with Gasteiger partial charge in [-0.3, -0.25) is 0 Å². The summed E-state index contributed by atoms with van der Waals surface area (Å²) >= 11 is 0. The maximum absolute atomic E-state index is 9.26. The molecule has 0 aromatic heterocycles. The van der Waals surface area contributed by atoms with Crippen molar-refractivity contribution < 1.29 is 20.1 Å². The Morgan fingerprint density at radius 3 is 1.20 bits per heavy atom. The molecule has 0 heterocycles. The number of nitrogens with zero attached hydrogens (tertiary/aromatic N) is 1. The summed E-state index contributed by atoms with van der Waals surface area (Å²) < 4.78 is 0. The van der Waals surface area contributed by atoms with Gasteiger partial charge in [-0.05, 0) is 47.3 Å². The van der Waals surface area contributed by atoms with Crippen LogP contribution in [0.4, 0.5) is 17.1 Å². The lowest BCUT2D eigenvalue weighted by Gasteiger charge is -2.25. The first kappa shape index (κ1) is 17.3. The minimum Gasteiger partial charge on any atom is -0.423 e. The molecule has 0 atom stereocenters.